The smallest absolute Gasteiger partial charge is 0.412 e. The van der Waals surface area contributed by atoms with Gasteiger partial charge in [0.2, 0.25) is 5.91 Å². The van der Waals surface area contributed by atoms with E-state index in [-0.39, 0.29) is 17.5 Å². The number of likely N-dealkylation sites (N-methyl/N-ethyl adjacent to an activating group) is 1. The van der Waals surface area contributed by atoms with Crippen molar-refractivity contribution >= 4 is 12.0 Å². The molecule has 1 aliphatic heterocycles. The first-order valence-electron chi connectivity index (χ1n) is 10.8. The van der Waals surface area contributed by atoms with Crippen LogP contribution in [0.25, 0.3) is 11.1 Å². The number of benzene rings is 2. The first kappa shape index (κ1) is 22.9. The summed E-state index contributed by atoms with van der Waals surface area (Å²) in [5, 5.41) is 0. The lowest BCUT2D eigenvalue weighted by molar-refractivity contribution is -0.129. The van der Waals surface area contributed by atoms with Crippen LogP contribution in [0.4, 0.5) is 4.79 Å². The third-order valence-corrected chi connectivity index (χ3v) is 5.44. The van der Waals surface area contributed by atoms with Crippen molar-refractivity contribution in [1.29, 1.82) is 0 Å². The minimum absolute atomic E-state index is 0.0594. The third-order valence-electron chi connectivity index (χ3n) is 5.44. The molecule has 1 fully saturated rings. The van der Waals surface area contributed by atoms with Gasteiger partial charge in [-0.2, -0.15) is 0 Å². The number of ether oxygens (including phenoxy) is 1. The molecule has 3 rings (SSSR count). The van der Waals surface area contributed by atoms with E-state index in [2.05, 4.69) is 24.3 Å². The van der Waals surface area contributed by atoms with Crippen molar-refractivity contribution in [3.63, 3.8) is 0 Å². The van der Waals surface area contributed by atoms with Crippen LogP contribution in [0.2, 0.25) is 0 Å². The molecule has 0 radical (unpaired) electrons. The van der Waals surface area contributed by atoms with E-state index in [1.165, 1.54) is 0 Å². The van der Waals surface area contributed by atoms with Gasteiger partial charge in [0, 0.05) is 18.9 Å². The van der Waals surface area contributed by atoms with Crippen LogP contribution in [-0.4, -0.2) is 46.7 Å². The van der Waals surface area contributed by atoms with E-state index in [1.807, 2.05) is 71.9 Å². The molecule has 2 amide bonds. The lowest BCUT2D eigenvalue weighted by atomic mass is 9.91. The Balaban J connectivity index is 1.96. The zero-order valence-electron chi connectivity index (χ0n) is 19.7. The van der Waals surface area contributed by atoms with E-state index in [9.17, 15) is 9.59 Å². The summed E-state index contributed by atoms with van der Waals surface area (Å²) in [6.07, 6.45) is -0.387. The number of nitrogens with zero attached hydrogens (tertiary/aromatic N) is 2. The first-order chi connectivity index (χ1) is 14.4. The number of carbonyl (C=O) groups is 2. The van der Waals surface area contributed by atoms with Gasteiger partial charge < -0.3 is 9.64 Å². The summed E-state index contributed by atoms with van der Waals surface area (Å²) in [5.74, 6) is -0.0594. The first-order valence-corrected chi connectivity index (χ1v) is 10.8. The predicted molar refractivity (Wildman–Crippen MR) is 123 cm³/mol. The number of carbonyl (C=O) groups excluding carboxylic acids is 2. The Bertz CT molecular complexity index is 941. The number of rotatable bonds is 3. The molecule has 0 aliphatic carbocycles. The zero-order chi connectivity index (χ0) is 23.0. The standard InChI is InChI=1S/C26H34N2O3/c1-25(2,3)23-27(7)22(29)21(28(23)24(30)31-26(4,5)6)17-18-12-11-15-20(16-18)19-13-9-8-10-14-19/h8-16,21,23H,17H2,1-7H3/t21-,23-/m1/s1. The molecule has 0 unspecified atom stereocenters. The molecule has 1 aliphatic rings. The van der Waals surface area contributed by atoms with E-state index in [0.29, 0.717) is 6.42 Å². The van der Waals surface area contributed by atoms with Crippen molar-refractivity contribution < 1.29 is 14.3 Å². The lowest BCUT2D eigenvalue weighted by Crippen LogP contribution is -2.52. The molecule has 5 nitrogen and oxygen atoms in total. The van der Waals surface area contributed by atoms with Crippen LogP contribution in [0, 0.1) is 5.41 Å². The molecule has 0 spiro atoms. The molecule has 2 aromatic rings. The van der Waals surface area contributed by atoms with Gasteiger partial charge in [0.15, 0.2) is 0 Å². The van der Waals surface area contributed by atoms with Gasteiger partial charge in [-0.05, 0) is 37.5 Å². The molecule has 31 heavy (non-hydrogen) atoms. The highest BCUT2D eigenvalue weighted by Crippen LogP contribution is 2.36. The molecule has 0 N–H and O–H groups in total. The van der Waals surface area contributed by atoms with Crippen LogP contribution >= 0.6 is 0 Å². The highest BCUT2D eigenvalue weighted by molar-refractivity contribution is 5.89. The van der Waals surface area contributed by atoms with Crippen molar-refractivity contribution in [2.24, 2.45) is 5.41 Å². The monoisotopic (exact) mass is 422 g/mol. The highest BCUT2D eigenvalue weighted by Gasteiger charge is 2.52. The van der Waals surface area contributed by atoms with Gasteiger partial charge >= 0.3 is 6.09 Å². The summed E-state index contributed by atoms with van der Waals surface area (Å²) in [7, 11) is 1.77. The fourth-order valence-electron chi connectivity index (χ4n) is 4.29. The van der Waals surface area contributed by atoms with Crippen molar-refractivity contribution in [2.75, 3.05) is 7.05 Å². The van der Waals surface area contributed by atoms with Gasteiger partial charge in [-0.25, -0.2) is 4.79 Å². The molecule has 1 saturated heterocycles. The van der Waals surface area contributed by atoms with Crippen molar-refractivity contribution in [3.8, 4) is 11.1 Å². The summed E-state index contributed by atoms with van der Waals surface area (Å²) in [5.41, 5.74) is 2.27. The highest BCUT2D eigenvalue weighted by atomic mass is 16.6. The van der Waals surface area contributed by atoms with E-state index in [0.717, 1.165) is 16.7 Å². The Labute approximate surface area is 186 Å². The van der Waals surface area contributed by atoms with Crippen LogP contribution < -0.4 is 0 Å². The lowest BCUT2D eigenvalue weighted by Gasteiger charge is -2.39. The average Bonchev–Trinajstić information content (AvgIpc) is 2.93. The van der Waals surface area contributed by atoms with Gasteiger partial charge in [0.1, 0.15) is 17.8 Å². The fourth-order valence-corrected chi connectivity index (χ4v) is 4.29. The summed E-state index contributed by atoms with van der Waals surface area (Å²) in [6.45, 7) is 11.6. The number of hydrogen-bond donors (Lipinski definition) is 0. The second-order valence-corrected chi connectivity index (χ2v) is 10.4. The maximum atomic E-state index is 13.3. The molecule has 0 saturated carbocycles. The SMILES string of the molecule is CN1C(=O)[C@@H](Cc2cccc(-c3ccccc3)c2)N(C(=O)OC(C)(C)C)[C@@H]1C(C)(C)C. The molecule has 2 atom stereocenters. The predicted octanol–water partition coefficient (Wildman–Crippen LogP) is 5.35. The summed E-state index contributed by atoms with van der Waals surface area (Å²) < 4.78 is 5.71. The van der Waals surface area contributed by atoms with Gasteiger partial charge in [-0.15, -0.1) is 0 Å². The fraction of sp³-hybridized carbons (Fsp3) is 0.462. The Morgan fingerprint density at radius 1 is 0.935 bits per heavy atom. The van der Waals surface area contributed by atoms with Gasteiger partial charge in [0.05, 0.1) is 0 Å². The van der Waals surface area contributed by atoms with Crippen LogP contribution in [0.1, 0.15) is 47.1 Å². The van der Waals surface area contributed by atoms with E-state index in [4.69, 9.17) is 4.74 Å². The van der Waals surface area contributed by atoms with Crippen LogP contribution in [0.3, 0.4) is 0 Å². The second kappa shape index (κ2) is 8.37. The summed E-state index contributed by atoms with van der Waals surface area (Å²) >= 11 is 0. The largest absolute Gasteiger partial charge is 0.444 e. The Hall–Kier alpha value is -2.82. The summed E-state index contributed by atoms with van der Waals surface area (Å²) in [4.78, 5) is 29.8. The van der Waals surface area contributed by atoms with Crippen LogP contribution in [-0.2, 0) is 16.0 Å². The topological polar surface area (TPSA) is 49.9 Å². The third kappa shape index (κ3) is 5.09. The Morgan fingerprint density at radius 2 is 1.55 bits per heavy atom. The molecule has 1 heterocycles. The minimum atomic E-state index is -0.637. The maximum absolute atomic E-state index is 13.3. The van der Waals surface area contributed by atoms with Gasteiger partial charge in [-0.3, -0.25) is 9.69 Å². The second-order valence-electron chi connectivity index (χ2n) is 10.4. The molecule has 166 valence electrons. The average molecular weight is 423 g/mol. The maximum Gasteiger partial charge on any atom is 0.412 e. The molecule has 2 aromatic carbocycles. The number of hydrogen-bond acceptors (Lipinski definition) is 3. The van der Waals surface area contributed by atoms with E-state index < -0.39 is 17.7 Å². The van der Waals surface area contributed by atoms with Crippen molar-refractivity contribution in [2.45, 2.75) is 65.8 Å². The van der Waals surface area contributed by atoms with Crippen LogP contribution in [0.15, 0.2) is 54.6 Å². The Kier molecular flexibility index (Phi) is 6.17. The normalized spacial score (nSPS) is 19.6. The molecular formula is C26H34N2O3. The number of amides is 2. The van der Waals surface area contributed by atoms with Crippen molar-refractivity contribution in [1.82, 2.24) is 9.80 Å². The Morgan fingerprint density at radius 3 is 2.13 bits per heavy atom. The molecule has 0 aromatic heterocycles. The van der Waals surface area contributed by atoms with E-state index in [1.54, 1.807) is 16.8 Å². The van der Waals surface area contributed by atoms with Gasteiger partial charge in [0.25, 0.3) is 0 Å². The quantitative estimate of drug-likeness (QED) is 0.670. The molecule has 5 heteroatoms. The zero-order valence-corrected chi connectivity index (χ0v) is 19.7. The summed E-state index contributed by atoms with van der Waals surface area (Å²) in [6, 6.07) is 17.7. The molecular weight excluding hydrogens is 388 g/mol. The van der Waals surface area contributed by atoms with Gasteiger partial charge in [-0.1, -0.05) is 75.4 Å². The molecule has 0 bridgehead atoms. The minimum Gasteiger partial charge on any atom is -0.444 e. The van der Waals surface area contributed by atoms with E-state index >= 15 is 0 Å². The van der Waals surface area contributed by atoms with Crippen molar-refractivity contribution in [3.05, 3.63) is 60.2 Å². The van der Waals surface area contributed by atoms with Crippen LogP contribution in [0.5, 0.6) is 0 Å².